The van der Waals surface area contributed by atoms with Crippen molar-refractivity contribution in [3.8, 4) is 0 Å². The van der Waals surface area contributed by atoms with Gasteiger partial charge < -0.3 is 15.0 Å². The summed E-state index contributed by atoms with van der Waals surface area (Å²) in [6, 6.07) is 0.139. The number of ether oxygens (including phenoxy) is 1. The van der Waals surface area contributed by atoms with E-state index in [9.17, 15) is 4.79 Å². The van der Waals surface area contributed by atoms with Gasteiger partial charge in [-0.05, 0) is 26.2 Å². The number of nitrogens with zero attached hydrogens (tertiary/aromatic N) is 4. The first-order chi connectivity index (χ1) is 10.7. The van der Waals surface area contributed by atoms with Gasteiger partial charge in [0.1, 0.15) is 12.7 Å². The van der Waals surface area contributed by atoms with Crippen molar-refractivity contribution in [2.75, 3.05) is 19.7 Å². The van der Waals surface area contributed by atoms with Crippen molar-refractivity contribution < 1.29 is 9.53 Å². The minimum absolute atomic E-state index is 0.0284. The van der Waals surface area contributed by atoms with Gasteiger partial charge in [-0.2, -0.15) is 5.10 Å². The first kappa shape index (κ1) is 15.3. The van der Waals surface area contributed by atoms with Gasteiger partial charge in [-0.25, -0.2) is 9.78 Å². The van der Waals surface area contributed by atoms with Crippen LogP contribution in [-0.4, -0.2) is 57.0 Å². The molecule has 1 saturated carbocycles. The number of hydrogen-bond donors (Lipinski definition) is 1. The SMILES string of the molecule is C[C@H](CCn1cncn1)NC(=O)N1CCOC2(CCCC2)C1. The second kappa shape index (κ2) is 6.64. The largest absolute Gasteiger partial charge is 0.371 e. The van der Waals surface area contributed by atoms with Crippen molar-refractivity contribution in [1.29, 1.82) is 0 Å². The normalized spacial score (nSPS) is 22.0. The number of carbonyl (C=O) groups is 1. The van der Waals surface area contributed by atoms with Crippen LogP contribution in [0.1, 0.15) is 39.0 Å². The Morgan fingerprint density at radius 1 is 1.45 bits per heavy atom. The third-order valence-corrected chi connectivity index (χ3v) is 4.68. The fourth-order valence-corrected chi connectivity index (χ4v) is 3.39. The molecule has 1 aliphatic carbocycles. The van der Waals surface area contributed by atoms with Gasteiger partial charge in [0, 0.05) is 19.1 Å². The molecule has 7 heteroatoms. The predicted octanol–water partition coefficient (Wildman–Crippen LogP) is 1.41. The standard InChI is InChI=1S/C15H25N5O2/c1-13(4-7-20-12-16-11-17-20)18-14(21)19-8-9-22-15(10-19)5-2-3-6-15/h11-13H,2-10H2,1H3,(H,18,21)/t13-/m1/s1. The van der Waals surface area contributed by atoms with E-state index in [1.54, 1.807) is 11.0 Å². The molecule has 1 spiro atoms. The fourth-order valence-electron chi connectivity index (χ4n) is 3.39. The molecule has 1 saturated heterocycles. The second-order valence-corrected chi connectivity index (χ2v) is 6.46. The first-order valence-corrected chi connectivity index (χ1v) is 8.19. The lowest BCUT2D eigenvalue weighted by Gasteiger charge is -2.40. The maximum absolute atomic E-state index is 12.4. The molecule has 0 radical (unpaired) electrons. The van der Waals surface area contributed by atoms with Crippen LogP contribution in [0.2, 0.25) is 0 Å². The highest BCUT2D eigenvalue weighted by Gasteiger charge is 2.40. The van der Waals surface area contributed by atoms with E-state index in [2.05, 4.69) is 15.4 Å². The van der Waals surface area contributed by atoms with Crippen LogP contribution in [0.5, 0.6) is 0 Å². The summed E-state index contributed by atoms with van der Waals surface area (Å²) < 4.78 is 7.75. The average molecular weight is 307 g/mol. The second-order valence-electron chi connectivity index (χ2n) is 6.46. The molecule has 7 nitrogen and oxygen atoms in total. The zero-order valence-electron chi connectivity index (χ0n) is 13.2. The zero-order valence-corrected chi connectivity index (χ0v) is 13.2. The van der Waals surface area contributed by atoms with Gasteiger partial charge in [0.15, 0.2) is 0 Å². The molecular formula is C15H25N5O2. The summed E-state index contributed by atoms with van der Waals surface area (Å²) in [5.74, 6) is 0. The number of nitrogens with one attached hydrogen (secondary N) is 1. The molecule has 1 aromatic rings. The number of aryl methyl sites for hydroxylation is 1. The third kappa shape index (κ3) is 3.58. The van der Waals surface area contributed by atoms with Gasteiger partial charge in [-0.3, -0.25) is 4.68 Å². The van der Waals surface area contributed by atoms with E-state index < -0.39 is 0 Å². The number of amides is 2. The molecule has 122 valence electrons. The number of rotatable bonds is 4. The molecule has 0 unspecified atom stereocenters. The quantitative estimate of drug-likeness (QED) is 0.913. The number of urea groups is 1. The van der Waals surface area contributed by atoms with Crippen LogP contribution in [0.4, 0.5) is 4.79 Å². The van der Waals surface area contributed by atoms with E-state index in [1.807, 2.05) is 11.8 Å². The molecule has 2 heterocycles. The van der Waals surface area contributed by atoms with E-state index in [0.29, 0.717) is 13.2 Å². The highest BCUT2D eigenvalue weighted by molar-refractivity contribution is 5.74. The maximum Gasteiger partial charge on any atom is 0.317 e. The topological polar surface area (TPSA) is 72.3 Å². The number of morpholine rings is 1. The van der Waals surface area contributed by atoms with Crippen LogP contribution in [0.15, 0.2) is 12.7 Å². The zero-order chi connectivity index (χ0) is 15.4. The fraction of sp³-hybridized carbons (Fsp3) is 0.800. The Balaban J connectivity index is 1.46. The Kier molecular flexibility index (Phi) is 4.61. The third-order valence-electron chi connectivity index (χ3n) is 4.68. The van der Waals surface area contributed by atoms with Crippen LogP contribution in [0, 0.1) is 0 Å². The van der Waals surface area contributed by atoms with Crippen LogP contribution in [0.3, 0.4) is 0 Å². The predicted molar refractivity (Wildman–Crippen MR) is 81.4 cm³/mol. The summed E-state index contributed by atoms with van der Waals surface area (Å²) in [5, 5.41) is 7.16. The molecule has 1 atom stereocenters. The summed E-state index contributed by atoms with van der Waals surface area (Å²) in [4.78, 5) is 18.3. The van der Waals surface area contributed by atoms with Crippen molar-refractivity contribution in [1.82, 2.24) is 25.0 Å². The lowest BCUT2D eigenvalue weighted by molar-refractivity contribution is -0.0927. The lowest BCUT2D eigenvalue weighted by Crippen LogP contribution is -2.56. The summed E-state index contributed by atoms with van der Waals surface area (Å²) in [7, 11) is 0. The highest BCUT2D eigenvalue weighted by Crippen LogP contribution is 2.35. The molecule has 1 aliphatic heterocycles. The molecule has 2 fully saturated rings. The first-order valence-electron chi connectivity index (χ1n) is 8.19. The molecule has 1 N–H and O–H groups in total. The Hall–Kier alpha value is -1.63. The molecule has 3 rings (SSSR count). The van der Waals surface area contributed by atoms with Crippen LogP contribution < -0.4 is 5.32 Å². The minimum Gasteiger partial charge on any atom is -0.371 e. The summed E-state index contributed by atoms with van der Waals surface area (Å²) in [6.07, 6.45) is 8.65. The van der Waals surface area contributed by atoms with Gasteiger partial charge in [-0.1, -0.05) is 12.8 Å². The molecule has 1 aromatic heterocycles. The van der Waals surface area contributed by atoms with Gasteiger partial charge in [0.2, 0.25) is 0 Å². The van der Waals surface area contributed by atoms with Crippen molar-refractivity contribution in [3.63, 3.8) is 0 Å². The Morgan fingerprint density at radius 2 is 2.27 bits per heavy atom. The molecular weight excluding hydrogens is 282 g/mol. The maximum atomic E-state index is 12.4. The van der Waals surface area contributed by atoms with Gasteiger partial charge >= 0.3 is 6.03 Å². The van der Waals surface area contributed by atoms with E-state index in [4.69, 9.17) is 4.74 Å². The Morgan fingerprint density at radius 3 is 3.00 bits per heavy atom. The smallest absolute Gasteiger partial charge is 0.317 e. The lowest BCUT2D eigenvalue weighted by atomic mass is 10.00. The number of carbonyl (C=O) groups excluding carboxylic acids is 1. The van der Waals surface area contributed by atoms with E-state index in [0.717, 1.165) is 32.4 Å². The van der Waals surface area contributed by atoms with Crippen molar-refractivity contribution in [2.45, 2.75) is 57.2 Å². The minimum atomic E-state index is -0.0699. The van der Waals surface area contributed by atoms with Gasteiger partial charge in [0.05, 0.1) is 18.8 Å². The monoisotopic (exact) mass is 307 g/mol. The molecule has 0 bridgehead atoms. The van der Waals surface area contributed by atoms with E-state index >= 15 is 0 Å². The van der Waals surface area contributed by atoms with Crippen molar-refractivity contribution >= 4 is 6.03 Å². The van der Waals surface area contributed by atoms with Crippen LogP contribution >= 0.6 is 0 Å². The Labute approximate surface area is 131 Å². The molecule has 2 amide bonds. The molecule has 0 aromatic carbocycles. The number of aromatic nitrogens is 3. The highest BCUT2D eigenvalue weighted by atomic mass is 16.5. The number of hydrogen-bond acceptors (Lipinski definition) is 4. The van der Waals surface area contributed by atoms with Crippen molar-refractivity contribution in [2.24, 2.45) is 0 Å². The van der Waals surface area contributed by atoms with Crippen LogP contribution in [-0.2, 0) is 11.3 Å². The summed E-state index contributed by atoms with van der Waals surface area (Å²) >= 11 is 0. The molecule has 2 aliphatic rings. The van der Waals surface area contributed by atoms with Crippen molar-refractivity contribution in [3.05, 3.63) is 12.7 Å². The van der Waals surface area contributed by atoms with E-state index in [1.165, 1.54) is 19.2 Å². The molecule has 22 heavy (non-hydrogen) atoms. The summed E-state index contributed by atoms with van der Waals surface area (Å²) in [5.41, 5.74) is -0.0699. The van der Waals surface area contributed by atoms with Gasteiger partial charge in [-0.15, -0.1) is 0 Å². The van der Waals surface area contributed by atoms with E-state index in [-0.39, 0.29) is 17.7 Å². The summed E-state index contributed by atoms with van der Waals surface area (Å²) in [6.45, 7) is 4.86. The Bertz CT molecular complexity index is 484. The van der Waals surface area contributed by atoms with Gasteiger partial charge in [0.25, 0.3) is 0 Å². The van der Waals surface area contributed by atoms with Crippen LogP contribution in [0.25, 0.3) is 0 Å². The average Bonchev–Trinajstić information content (AvgIpc) is 3.17.